The number of hydrogen-bond donors (Lipinski definition) is 1. The normalized spacial score (nSPS) is 24.0. The average molecular weight is 264 g/mol. The second-order valence-electron chi connectivity index (χ2n) is 5.11. The molecule has 0 aromatic heterocycles. The molecule has 1 N–H and O–H groups in total. The highest BCUT2D eigenvalue weighted by Gasteiger charge is 2.16. The Morgan fingerprint density at radius 2 is 1.62 bits per heavy atom. The molecule has 2 aliphatic rings. The van der Waals surface area contributed by atoms with E-state index in [2.05, 4.69) is 17.1 Å². The summed E-state index contributed by atoms with van der Waals surface area (Å²) in [7, 11) is 0. The molecule has 2 fully saturated rings. The first-order chi connectivity index (χ1) is 7.45. The third-order valence-electron chi connectivity index (χ3n) is 3.89. The minimum absolute atomic E-state index is 0. The van der Waals surface area contributed by atoms with Gasteiger partial charge < -0.3 is 5.32 Å². The summed E-state index contributed by atoms with van der Waals surface area (Å²) in [5.74, 6) is 2.46. The van der Waals surface area contributed by atoms with Crippen molar-refractivity contribution in [1.29, 1.82) is 0 Å². The Hall–Kier alpha value is 0.600. The molecule has 1 aliphatic carbocycles. The number of nitrogens with one attached hydrogen (secondary N) is 1. The highest BCUT2D eigenvalue weighted by atomic mass is 35.5. The molecule has 3 heteroatoms. The molecule has 0 radical (unpaired) electrons. The van der Waals surface area contributed by atoms with E-state index in [1.807, 2.05) is 0 Å². The summed E-state index contributed by atoms with van der Waals surface area (Å²) in [5, 5.41) is 4.46. The number of hydrogen-bond acceptors (Lipinski definition) is 2. The predicted molar refractivity (Wildman–Crippen MR) is 76.8 cm³/mol. The molecule has 1 saturated heterocycles. The molecule has 1 heterocycles. The zero-order chi connectivity index (χ0) is 10.3. The lowest BCUT2D eigenvalue weighted by Crippen LogP contribution is -2.28. The molecule has 0 bridgehead atoms. The fourth-order valence-electron chi connectivity index (χ4n) is 2.80. The van der Waals surface area contributed by atoms with Crippen molar-refractivity contribution in [3.05, 3.63) is 0 Å². The largest absolute Gasteiger partial charge is 0.317 e. The Labute approximate surface area is 111 Å². The van der Waals surface area contributed by atoms with Crippen LogP contribution in [-0.4, -0.2) is 24.1 Å². The summed E-state index contributed by atoms with van der Waals surface area (Å²) in [6.45, 7) is 2.53. The number of rotatable bonds is 4. The van der Waals surface area contributed by atoms with Crippen LogP contribution in [0.4, 0.5) is 0 Å². The van der Waals surface area contributed by atoms with E-state index in [1.165, 1.54) is 70.2 Å². The van der Waals surface area contributed by atoms with Crippen molar-refractivity contribution in [2.45, 2.75) is 56.6 Å². The molecule has 96 valence electrons. The summed E-state index contributed by atoms with van der Waals surface area (Å²) in [6, 6.07) is 0. The van der Waals surface area contributed by atoms with Gasteiger partial charge in [0.2, 0.25) is 0 Å². The van der Waals surface area contributed by atoms with Crippen LogP contribution in [0, 0.1) is 5.92 Å². The van der Waals surface area contributed by atoms with Crippen LogP contribution in [-0.2, 0) is 0 Å². The van der Waals surface area contributed by atoms with Crippen LogP contribution < -0.4 is 5.32 Å². The van der Waals surface area contributed by atoms with Gasteiger partial charge in [0.1, 0.15) is 0 Å². The van der Waals surface area contributed by atoms with Crippen LogP contribution in [0.3, 0.4) is 0 Å². The molecule has 0 aromatic carbocycles. The maximum Gasteiger partial charge on any atom is 0.00470 e. The molecule has 0 spiro atoms. The SMILES string of the molecule is C1CCC(SCCC2CCNCC2)CC1.Cl. The molecule has 16 heavy (non-hydrogen) atoms. The van der Waals surface area contributed by atoms with E-state index in [9.17, 15) is 0 Å². The van der Waals surface area contributed by atoms with Crippen LogP contribution >= 0.6 is 24.2 Å². The molecule has 1 saturated carbocycles. The minimum Gasteiger partial charge on any atom is -0.317 e. The molecule has 0 unspecified atom stereocenters. The van der Waals surface area contributed by atoms with Crippen LogP contribution in [0.1, 0.15) is 51.4 Å². The van der Waals surface area contributed by atoms with Crippen molar-refractivity contribution in [2.75, 3.05) is 18.8 Å². The lowest BCUT2D eigenvalue weighted by atomic mass is 9.96. The van der Waals surface area contributed by atoms with Crippen molar-refractivity contribution >= 4 is 24.2 Å². The van der Waals surface area contributed by atoms with Crippen molar-refractivity contribution in [3.8, 4) is 0 Å². The first kappa shape index (κ1) is 14.7. The number of thioether (sulfide) groups is 1. The Kier molecular flexibility index (Phi) is 7.93. The zero-order valence-electron chi connectivity index (χ0n) is 10.2. The molecular formula is C13H26ClNS. The lowest BCUT2D eigenvalue weighted by molar-refractivity contribution is 0.367. The lowest BCUT2D eigenvalue weighted by Gasteiger charge is -2.24. The summed E-state index contributed by atoms with van der Waals surface area (Å²) < 4.78 is 0. The van der Waals surface area contributed by atoms with Gasteiger partial charge in [-0.2, -0.15) is 11.8 Å². The Bertz CT molecular complexity index is 147. The summed E-state index contributed by atoms with van der Waals surface area (Å²) >= 11 is 2.27. The molecule has 1 nitrogen and oxygen atoms in total. The highest BCUT2D eigenvalue weighted by molar-refractivity contribution is 7.99. The first-order valence-corrected chi connectivity index (χ1v) is 7.82. The maximum absolute atomic E-state index is 3.45. The van der Waals surface area contributed by atoms with Gasteiger partial charge in [-0.1, -0.05) is 19.3 Å². The van der Waals surface area contributed by atoms with E-state index in [0.29, 0.717) is 0 Å². The third-order valence-corrected chi connectivity index (χ3v) is 5.30. The smallest absolute Gasteiger partial charge is 0.00470 e. The second-order valence-corrected chi connectivity index (χ2v) is 6.52. The fraction of sp³-hybridized carbons (Fsp3) is 1.00. The summed E-state index contributed by atoms with van der Waals surface area (Å²) in [5.41, 5.74) is 0. The molecule has 0 atom stereocenters. The number of piperidine rings is 1. The number of halogens is 1. The van der Waals surface area contributed by atoms with E-state index in [4.69, 9.17) is 0 Å². The first-order valence-electron chi connectivity index (χ1n) is 6.77. The van der Waals surface area contributed by atoms with Gasteiger partial charge in [-0.05, 0) is 56.9 Å². The standard InChI is InChI=1S/C13H25NS.ClH/c1-2-4-13(5-3-1)15-11-8-12-6-9-14-10-7-12;/h12-14H,1-11H2;1H. The topological polar surface area (TPSA) is 12.0 Å². The maximum atomic E-state index is 3.45. The van der Waals surface area contributed by atoms with E-state index >= 15 is 0 Å². The second kappa shape index (κ2) is 8.66. The van der Waals surface area contributed by atoms with Crippen LogP contribution in [0.2, 0.25) is 0 Å². The van der Waals surface area contributed by atoms with Gasteiger partial charge in [0.05, 0.1) is 0 Å². The van der Waals surface area contributed by atoms with Crippen molar-refractivity contribution in [1.82, 2.24) is 5.32 Å². The molecule has 1 aliphatic heterocycles. The summed E-state index contributed by atoms with van der Waals surface area (Å²) in [4.78, 5) is 0. The molecular weight excluding hydrogens is 238 g/mol. The van der Waals surface area contributed by atoms with E-state index in [1.54, 1.807) is 0 Å². The fourth-order valence-corrected chi connectivity index (χ4v) is 4.27. The van der Waals surface area contributed by atoms with Gasteiger partial charge in [0.25, 0.3) is 0 Å². The zero-order valence-corrected chi connectivity index (χ0v) is 11.9. The predicted octanol–water partition coefficient (Wildman–Crippen LogP) is 3.86. The highest BCUT2D eigenvalue weighted by Crippen LogP contribution is 2.30. The van der Waals surface area contributed by atoms with Gasteiger partial charge in [0.15, 0.2) is 0 Å². The van der Waals surface area contributed by atoms with Crippen LogP contribution in [0.5, 0.6) is 0 Å². The Balaban J connectivity index is 0.00000128. The van der Waals surface area contributed by atoms with Gasteiger partial charge in [-0.25, -0.2) is 0 Å². The summed E-state index contributed by atoms with van der Waals surface area (Å²) in [6.07, 6.45) is 11.8. The average Bonchev–Trinajstić information content (AvgIpc) is 2.32. The van der Waals surface area contributed by atoms with Crippen molar-refractivity contribution < 1.29 is 0 Å². The monoisotopic (exact) mass is 263 g/mol. The van der Waals surface area contributed by atoms with Crippen LogP contribution in [0.15, 0.2) is 0 Å². The van der Waals surface area contributed by atoms with E-state index in [-0.39, 0.29) is 12.4 Å². The third kappa shape index (κ3) is 5.29. The Morgan fingerprint density at radius 3 is 2.31 bits per heavy atom. The van der Waals surface area contributed by atoms with E-state index in [0.717, 1.165) is 11.2 Å². The van der Waals surface area contributed by atoms with Crippen LogP contribution in [0.25, 0.3) is 0 Å². The van der Waals surface area contributed by atoms with Gasteiger partial charge in [-0.3, -0.25) is 0 Å². The minimum atomic E-state index is 0. The molecule has 0 amide bonds. The van der Waals surface area contributed by atoms with E-state index < -0.39 is 0 Å². The molecule has 2 rings (SSSR count). The van der Waals surface area contributed by atoms with Crippen molar-refractivity contribution in [2.24, 2.45) is 5.92 Å². The van der Waals surface area contributed by atoms with Crippen molar-refractivity contribution in [3.63, 3.8) is 0 Å². The van der Waals surface area contributed by atoms with Gasteiger partial charge in [0, 0.05) is 5.25 Å². The Morgan fingerprint density at radius 1 is 0.938 bits per heavy atom. The molecule has 0 aromatic rings. The van der Waals surface area contributed by atoms with Gasteiger partial charge >= 0.3 is 0 Å². The quantitative estimate of drug-likeness (QED) is 0.827. The van der Waals surface area contributed by atoms with Gasteiger partial charge in [-0.15, -0.1) is 12.4 Å².